The van der Waals surface area contributed by atoms with E-state index in [1.54, 1.807) is 17.1 Å². The molecular formula is C28H44N2O6. The van der Waals surface area contributed by atoms with Gasteiger partial charge in [0, 0.05) is 18.6 Å². The number of likely N-dealkylation sites (tertiary alicyclic amines) is 1. The van der Waals surface area contributed by atoms with Gasteiger partial charge in [-0.1, -0.05) is 32.9 Å². The number of β-amino-alcohol motifs (C(OH)–C–C–N with tert-alkyl or cyclic N) is 1. The number of aliphatic hydroxyl groups is 1. The van der Waals surface area contributed by atoms with Crippen molar-refractivity contribution < 1.29 is 29.0 Å². The van der Waals surface area contributed by atoms with Crippen LogP contribution in [0.5, 0.6) is 0 Å². The van der Waals surface area contributed by atoms with E-state index in [9.17, 15) is 19.5 Å². The van der Waals surface area contributed by atoms with Gasteiger partial charge in [0.1, 0.15) is 17.6 Å². The Kier molecular flexibility index (Phi) is 7.83. The second-order valence-corrected chi connectivity index (χ2v) is 12.5. The fraction of sp³-hybridized carbons (Fsp3) is 0.750. The number of carbonyl (C=O) groups is 3. The van der Waals surface area contributed by atoms with Crippen molar-refractivity contribution in [2.45, 2.75) is 90.0 Å². The van der Waals surface area contributed by atoms with Crippen LogP contribution in [0.25, 0.3) is 0 Å². The predicted molar refractivity (Wildman–Crippen MR) is 137 cm³/mol. The first-order valence-electron chi connectivity index (χ1n) is 13.0. The fourth-order valence-electron chi connectivity index (χ4n) is 7.05. The molecule has 8 nitrogen and oxygen atoms in total. The Morgan fingerprint density at radius 2 is 1.89 bits per heavy atom. The molecular weight excluding hydrogens is 460 g/mol. The second kappa shape index (κ2) is 9.93. The molecule has 2 bridgehead atoms. The van der Waals surface area contributed by atoms with Gasteiger partial charge in [0.15, 0.2) is 0 Å². The van der Waals surface area contributed by atoms with Crippen molar-refractivity contribution in [2.75, 3.05) is 26.3 Å². The van der Waals surface area contributed by atoms with Crippen molar-refractivity contribution in [1.82, 2.24) is 9.80 Å². The molecule has 0 radical (unpaired) electrons. The molecule has 5 atom stereocenters. The summed E-state index contributed by atoms with van der Waals surface area (Å²) in [5.41, 5.74) is -2.61. The summed E-state index contributed by atoms with van der Waals surface area (Å²) in [4.78, 5) is 44.7. The average molecular weight is 505 g/mol. The molecule has 3 heterocycles. The Labute approximate surface area is 215 Å². The van der Waals surface area contributed by atoms with Gasteiger partial charge in [0.25, 0.3) is 0 Å². The van der Waals surface area contributed by atoms with E-state index in [1.807, 2.05) is 20.8 Å². The molecule has 8 heteroatoms. The van der Waals surface area contributed by atoms with Gasteiger partial charge in [-0.15, -0.1) is 13.2 Å². The zero-order chi connectivity index (χ0) is 27.1. The van der Waals surface area contributed by atoms with E-state index in [-0.39, 0.29) is 37.0 Å². The summed E-state index contributed by atoms with van der Waals surface area (Å²) in [7, 11) is 0. The maximum Gasteiger partial charge on any atom is 0.312 e. The van der Waals surface area contributed by atoms with Crippen molar-refractivity contribution in [3.05, 3.63) is 25.3 Å². The Hall–Kier alpha value is -2.19. The number of carbonyl (C=O) groups excluding carboxylic acids is 3. The number of hydrogen-bond donors (Lipinski definition) is 1. The Morgan fingerprint density at radius 1 is 1.22 bits per heavy atom. The summed E-state index contributed by atoms with van der Waals surface area (Å²) in [6.45, 7) is 20.0. The largest absolute Gasteiger partial charge is 0.465 e. The summed E-state index contributed by atoms with van der Waals surface area (Å²) in [6, 6.07) is -0.936. The molecule has 36 heavy (non-hydrogen) atoms. The Morgan fingerprint density at radius 3 is 2.44 bits per heavy atom. The van der Waals surface area contributed by atoms with E-state index in [1.165, 1.54) is 4.90 Å². The van der Waals surface area contributed by atoms with E-state index in [0.717, 1.165) is 6.42 Å². The topological polar surface area (TPSA) is 96.4 Å². The third kappa shape index (κ3) is 4.74. The zero-order valence-electron chi connectivity index (χ0n) is 22.8. The summed E-state index contributed by atoms with van der Waals surface area (Å²) in [5.74, 6) is -2.68. The quantitative estimate of drug-likeness (QED) is 0.264. The lowest BCUT2D eigenvalue weighted by Crippen LogP contribution is -2.61. The molecule has 3 fully saturated rings. The average Bonchev–Trinajstić information content (AvgIpc) is 3.31. The third-order valence-electron chi connectivity index (χ3n) is 7.94. The maximum atomic E-state index is 14.4. The molecule has 3 aliphatic rings. The number of hydrogen-bond acceptors (Lipinski definition) is 6. The molecule has 2 unspecified atom stereocenters. The van der Waals surface area contributed by atoms with Crippen LogP contribution >= 0.6 is 0 Å². The first-order valence-corrected chi connectivity index (χ1v) is 13.0. The van der Waals surface area contributed by atoms with Crippen LogP contribution < -0.4 is 0 Å². The minimum Gasteiger partial charge on any atom is -0.465 e. The van der Waals surface area contributed by atoms with Crippen molar-refractivity contribution in [3.63, 3.8) is 0 Å². The minimum absolute atomic E-state index is 0.00652. The van der Waals surface area contributed by atoms with Crippen molar-refractivity contribution in [2.24, 2.45) is 17.3 Å². The van der Waals surface area contributed by atoms with Gasteiger partial charge in [0.2, 0.25) is 11.8 Å². The lowest BCUT2D eigenvalue weighted by Gasteiger charge is -2.45. The molecule has 0 aromatic rings. The van der Waals surface area contributed by atoms with Crippen LogP contribution in [0.4, 0.5) is 0 Å². The number of fused-ring (bicyclic) bond motifs is 1. The second-order valence-electron chi connectivity index (χ2n) is 12.5. The maximum absolute atomic E-state index is 14.4. The Balaban J connectivity index is 2.05. The van der Waals surface area contributed by atoms with E-state index >= 15 is 0 Å². The van der Waals surface area contributed by atoms with Gasteiger partial charge in [-0.3, -0.25) is 14.4 Å². The van der Waals surface area contributed by atoms with Gasteiger partial charge in [-0.05, 0) is 51.9 Å². The predicted octanol–water partition coefficient (Wildman–Crippen LogP) is 3.09. The first kappa shape index (κ1) is 28.4. The number of rotatable bonds is 11. The first-order chi connectivity index (χ1) is 16.7. The molecule has 0 aromatic carbocycles. The smallest absolute Gasteiger partial charge is 0.312 e. The van der Waals surface area contributed by atoms with Gasteiger partial charge in [0.05, 0.1) is 24.7 Å². The van der Waals surface area contributed by atoms with Crippen molar-refractivity contribution in [3.8, 4) is 0 Å². The molecule has 202 valence electrons. The van der Waals surface area contributed by atoms with Crippen LogP contribution in [-0.4, -0.2) is 81.8 Å². The van der Waals surface area contributed by atoms with Crippen molar-refractivity contribution in [1.29, 1.82) is 0 Å². The van der Waals surface area contributed by atoms with Crippen molar-refractivity contribution >= 4 is 17.8 Å². The van der Waals surface area contributed by atoms with Gasteiger partial charge < -0.3 is 24.4 Å². The minimum atomic E-state index is -1.14. The van der Waals surface area contributed by atoms with Crippen LogP contribution in [0.2, 0.25) is 0 Å². The summed E-state index contributed by atoms with van der Waals surface area (Å²) in [6.07, 6.45) is 5.63. The standard InChI is InChI=1S/C28H44N2O6/c1-9-11-17-35-24(34)20-19-22(32)29(15-16-31)21(28(19)13-12-27(20,8)36-28)23(33)30(14-10-2)26(6,7)18-25(3,4)5/h9-10,19-21,31H,1-2,11-18H2,3-8H3/t19-,20-,21?,27+,28?/m0/s1. The van der Waals surface area contributed by atoms with Crippen LogP contribution in [0, 0.1) is 17.3 Å². The van der Waals surface area contributed by atoms with Gasteiger partial charge >= 0.3 is 5.97 Å². The van der Waals surface area contributed by atoms with Crippen LogP contribution in [0.1, 0.15) is 67.2 Å². The highest BCUT2D eigenvalue weighted by molar-refractivity contribution is 5.98. The SMILES string of the molecule is C=CCCOC(=O)[C@@H]1[C@H]2C(=O)N(CCO)C(C(=O)N(CC=C)C(C)(C)CC(C)(C)C)C23CC[C@@]1(C)O3. The summed E-state index contributed by atoms with van der Waals surface area (Å²) >= 11 is 0. The highest BCUT2D eigenvalue weighted by Crippen LogP contribution is 2.63. The summed E-state index contributed by atoms with van der Waals surface area (Å²) < 4.78 is 12.1. The summed E-state index contributed by atoms with van der Waals surface area (Å²) in [5, 5.41) is 9.82. The normalized spacial score (nSPS) is 31.4. The highest BCUT2D eigenvalue weighted by atomic mass is 16.6. The fourth-order valence-corrected chi connectivity index (χ4v) is 7.05. The third-order valence-corrected chi connectivity index (χ3v) is 7.94. The van der Waals surface area contributed by atoms with E-state index in [4.69, 9.17) is 9.47 Å². The molecule has 3 rings (SSSR count). The molecule has 2 amide bonds. The number of ether oxygens (including phenoxy) is 2. The van der Waals surface area contributed by atoms with Crippen LogP contribution in [-0.2, 0) is 23.9 Å². The number of nitrogens with zero attached hydrogens (tertiary/aromatic N) is 2. The molecule has 0 saturated carbocycles. The molecule has 1 spiro atoms. The van der Waals surface area contributed by atoms with Gasteiger partial charge in [-0.2, -0.15) is 0 Å². The van der Waals surface area contributed by atoms with E-state index in [0.29, 0.717) is 25.8 Å². The lowest BCUT2D eigenvalue weighted by atomic mass is 9.66. The molecule has 0 aromatic heterocycles. The molecule has 0 aliphatic carbocycles. The van der Waals surface area contributed by atoms with Crippen LogP contribution in [0.15, 0.2) is 25.3 Å². The molecule has 1 N–H and O–H groups in total. The van der Waals surface area contributed by atoms with E-state index < -0.39 is 40.6 Å². The Bertz CT molecular complexity index is 908. The highest BCUT2D eigenvalue weighted by Gasteiger charge is 2.78. The van der Waals surface area contributed by atoms with E-state index in [2.05, 4.69) is 33.9 Å². The van der Waals surface area contributed by atoms with Crippen LogP contribution in [0.3, 0.4) is 0 Å². The number of amides is 2. The zero-order valence-corrected chi connectivity index (χ0v) is 22.8. The molecule has 3 saturated heterocycles. The number of esters is 1. The monoisotopic (exact) mass is 504 g/mol. The van der Waals surface area contributed by atoms with Gasteiger partial charge in [-0.25, -0.2) is 0 Å². The number of aliphatic hydroxyl groups excluding tert-OH is 1. The lowest BCUT2D eigenvalue weighted by molar-refractivity contribution is -0.161. The molecule has 3 aliphatic heterocycles.